The van der Waals surface area contributed by atoms with E-state index in [9.17, 15) is 18.8 Å². The molecule has 8 N–H and O–H groups in total. The summed E-state index contributed by atoms with van der Waals surface area (Å²) in [7, 11) is 0. The Labute approximate surface area is 235 Å². The molecule has 210 valence electrons. The number of nitrogens with zero attached hydrogens (tertiary/aromatic N) is 1. The summed E-state index contributed by atoms with van der Waals surface area (Å²) in [6, 6.07) is 16.1. The molecule has 0 bridgehead atoms. The molecule has 0 aliphatic heterocycles. The van der Waals surface area contributed by atoms with Gasteiger partial charge in [0.1, 0.15) is 23.9 Å². The number of hydrogen-bond acceptors (Lipinski definition) is 7. The van der Waals surface area contributed by atoms with Crippen LogP contribution < -0.4 is 31.6 Å². The van der Waals surface area contributed by atoms with Crippen molar-refractivity contribution in [3.8, 4) is 5.75 Å². The van der Waals surface area contributed by atoms with Crippen LogP contribution in [0, 0.1) is 11.2 Å². The van der Waals surface area contributed by atoms with Crippen LogP contribution in [-0.2, 0) is 28.3 Å². The van der Waals surface area contributed by atoms with Gasteiger partial charge < -0.3 is 31.6 Å². The first-order valence-electron chi connectivity index (χ1n) is 12.3. The number of carbonyl (C=O) groups is 3. The standard InChI is InChI=1S/C28H31FN6O4S/c1-2-17-9-21(11-23(10-17)35(14-25(30)36)40-16-18-3-7-22(29)8-4-18)28(38)34-13-20-6-5-19(27(32)33)12-24(20)39-15-26(31)37/h3-12H,2,13-16H2,1H3,(H2,30,36)(H2,31,37)(H3,32,33)(H,34,38). The van der Waals surface area contributed by atoms with Crippen molar-refractivity contribution in [3.63, 3.8) is 0 Å². The second kappa shape index (κ2) is 14.0. The minimum absolute atomic E-state index is 0.0567. The van der Waals surface area contributed by atoms with Crippen molar-refractivity contribution >= 4 is 41.2 Å². The summed E-state index contributed by atoms with van der Waals surface area (Å²) >= 11 is 1.32. The van der Waals surface area contributed by atoms with Gasteiger partial charge in [0.25, 0.3) is 11.8 Å². The van der Waals surface area contributed by atoms with E-state index in [1.807, 2.05) is 13.0 Å². The smallest absolute Gasteiger partial charge is 0.255 e. The first-order valence-corrected chi connectivity index (χ1v) is 13.2. The quantitative estimate of drug-likeness (QED) is 0.113. The third-order valence-corrected chi connectivity index (χ3v) is 6.84. The largest absolute Gasteiger partial charge is 0.483 e. The van der Waals surface area contributed by atoms with E-state index in [0.29, 0.717) is 34.6 Å². The lowest BCUT2D eigenvalue weighted by atomic mass is 10.1. The van der Waals surface area contributed by atoms with E-state index < -0.39 is 11.8 Å². The second-order valence-corrected chi connectivity index (χ2v) is 9.81. The lowest BCUT2D eigenvalue weighted by molar-refractivity contribution is -0.120. The van der Waals surface area contributed by atoms with Gasteiger partial charge in [-0.15, -0.1) is 0 Å². The summed E-state index contributed by atoms with van der Waals surface area (Å²) < 4.78 is 20.5. The second-order valence-electron chi connectivity index (χ2n) is 8.82. The van der Waals surface area contributed by atoms with Gasteiger partial charge in [-0.05, 0) is 65.9 Å². The van der Waals surface area contributed by atoms with Crippen LogP contribution in [0.4, 0.5) is 10.1 Å². The van der Waals surface area contributed by atoms with E-state index in [0.717, 1.165) is 11.1 Å². The SMILES string of the molecule is CCc1cc(C(=O)NCc2ccc(C(=N)N)cc2OCC(N)=O)cc(N(CC(N)=O)SCc2ccc(F)cc2)c1. The summed E-state index contributed by atoms with van der Waals surface area (Å²) in [6.07, 6.45) is 0.638. The maximum Gasteiger partial charge on any atom is 0.255 e. The number of benzene rings is 3. The molecule has 0 radical (unpaired) electrons. The van der Waals surface area contributed by atoms with Gasteiger partial charge in [-0.3, -0.25) is 19.8 Å². The van der Waals surface area contributed by atoms with Crippen LogP contribution in [0.3, 0.4) is 0 Å². The summed E-state index contributed by atoms with van der Waals surface area (Å²) in [6.45, 7) is 1.53. The van der Waals surface area contributed by atoms with Crippen LogP contribution in [0.5, 0.6) is 5.75 Å². The summed E-state index contributed by atoms with van der Waals surface area (Å²) in [4.78, 5) is 36.3. The van der Waals surface area contributed by atoms with Crippen molar-refractivity contribution in [2.45, 2.75) is 25.6 Å². The minimum Gasteiger partial charge on any atom is -0.483 e. The Morgan fingerprint density at radius 3 is 2.30 bits per heavy atom. The molecule has 0 unspecified atom stereocenters. The molecule has 3 aromatic carbocycles. The molecule has 0 atom stereocenters. The Bertz CT molecular complexity index is 1400. The van der Waals surface area contributed by atoms with Crippen molar-refractivity contribution < 1.29 is 23.5 Å². The molecule has 0 aliphatic rings. The first-order chi connectivity index (χ1) is 19.0. The highest BCUT2D eigenvalue weighted by atomic mass is 32.2. The Hall–Kier alpha value is -4.58. The number of hydrogen-bond donors (Lipinski definition) is 5. The molecule has 10 nitrogen and oxygen atoms in total. The van der Waals surface area contributed by atoms with Gasteiger partial charge in [0.05, 0.1) is 0 Å². The fraction of sp³-hybridized carbons (Fsp3) is 0.214. The highest BCUT2D eigenvalue weighted by Gasteiger charge is 2.17. The zero-order valence-corrected chi connectivity index (χ0v) is 22.7. The van der Waals surface area contributed by atoms with Crippen molar-refractivity contribution in [1.29, 1.82) is 5.41 Å². The molecule has 0 heterocycles. The lowest BCUT2D eigenvalue weighted by Gasteiger charge is -2.23. The van der Waals surface area contributed by atoms with Crippen molar-refractivity contribution in [3.05, 3.63) is 94.3 Å². The number of amides is 3. The Kier molecular flexibility index (Phi) is 10.5. The third-order valence-electron chi connectivity index (χ3n) is 5.72. The van der Waals surface area contributed by atoms with Crippen LogP contribution in [0.1, 0.15) is 39.5 Å². The number of halogens is 1. The van der Waals surface area contributed by atoms with E-state index in [4.69, 9.17) is 27.3 Å². The van der Waals surface area contributed by atoms with E-state index in [2.05, 4.69) is 5.32 Å². The van der Waals surface area contributed by atoms with E-state index in [-0.39, 0.29) is 43.0 Å². The molecule has 0 aromatic heterocycles. The molecule has 3 rings (SSSR count). The van der Waals surface area contributed by atoms with E-state index in [1.54, 1.807) is 40.7 Å². The predicted octanol–water partition coefficient (Wildman–Crippen LogP) is 2.61. The number of ether oxygens (including phenoxy) is 1. The van der Waals surface area contributed by atoms with Gasteiger partial charge >= 0.3 is 0 Å². The number of nitrogens with one attached hydrogen (secondary N) is 2. The number of carbonyl (C=O) groups excluding carboxylic acids is 3. The fourth-order valence-corrected chi connectivity index (χ4v) is 4.64. The molecule has 12 heteroatoms. The number of nitrogens with two attached hydrogens (primary N) is 3. The van der Waals surface area contributed by atoms with Crippen LogP contribution >= 0.6 is 11.9 Å². The van der Waals surface area contributed by atoms with Gasteiger partial charge in [0.15, 0.2) is 6.61 Å². The van der Waals surface area contributed by atoms with Gasteiger partial charge in [-0.1, -0.05) is 31.2 Å². The highest BCUT2D eigenvalue weighted by molar-refractivity contribution is 7.99. The van der Waals surface area contributed by atoms with E-state index in [1.165, 1.54) is 30.1 Å². The predicted molar refractivity (Wildman–Crippen MR) is 153 cm³/mol. The monoisotopic (exact) mass is 566 g/mol. The molecule has 40 heavy (non-hydrogen) atoms. The molecular formula is C28H31FN6O4S. The van der Waals surface area contributed by atoms with Crippen LogP contribution in [0.2, 0.25) is 0 Å². The lowest BCUT2D eigenvalue weighted by Crippen LogP contribution is -2.29. The molecule has 0 spiro atoms. The van der Waals surface area contributed by atoms with Crippen molar-refractivity contribution in [2.24, 2.45) is 17.2 Å². The maximum absolute atomic E-state index is 13.3. The zero-order chi connectivity index (χ0) is 29.2. The molecule has 3 amide bonds. The Balaban J connectivity index is 1.82. The summed E-state index contributed by atoms with van der Waals surface area (Å²) in [5, 5.41) is 10.5. The van der Waals surface area contributed by atoms with Crippen LogP contribution in [0.25, 0.3) is 0 Å². The first kappa shape index (κ1) is 30.0. The zero-order valence-electron chi connectivity index (χ0n) is 21.9. The summed E-state index contributed by atoms with van der Waals surface area (Å²) in [5.41, 5.74) is 19.9. The molecule has 0 saturated carbocycles. The normalized spacial score (nSPS) is 10.6. The summed E-state index contributed by atoms with van der Waals surface area (Å²) in [5.74, 6) is -1.40. The van der Waals surface area contributed by atoms with E-state index >= 15 is 0 Å². The number of rotatable bonds is 14. The highest BCUT2D eigenvalue weighted by Crippen LogP contribution is 2.28. The molecular weight excluding hydrogens is 535 g/mol. The van der Waals surface area contributed by atoms with Crippen LogP contribution in [-0.4, -0.2) is 36.7 Å². The number of primary amides is 2. The average molecular weight is 567 g/mol. The number of aryl methyl sites for hydroxylation is 1. The molecule has 0 saturated heterocycles. The number of anilines is 1. The van der Waals surface area contributed by atoms with Crippen molar-refractivity contribution in [2.75, 3.05) is 17.5 Å². The fourth-order valence-electron chi connectivity index (χ4n) is 3.67. The molecule has 0 fully saturated rings. The Morgan fingerprint density at radius 1 is 0.950 bits per heavy atom. The van der Waals surface area contributed by atoms with Crippen molar-refractivity contribution in [1.82, 2.24) is 5.32 Å². The maximum atomic E-state index is 13.3. The van der Waals surface area contributed by atoms with Gasteiger partial charge in [0, 0.05) is 34.7 Å². The number of nitrogen functional groups attached to an aromatic ring is 1. The Morgan fingerprint density at radius 2 is 1.68 bits per heavy atom. The topological polar surface area (TPSA) is 178 Å². The molecule has 0 aliphatic carbocycles. The average Bonchev–Trinajstić information content (AvgIpc) is 2.93. The molecule has 3 aromatic rings. The van der Waals surface area contributed by atoms with Gasteiger partial charge in [0.2, 0.25) is 5.91 Å². The minimum atomic E-state index is -0.676. The van der Waals surface area contributed by atoms with Crippen LogP contribution in [0.15, 0.2) is 60.7 Å². The third kappa shape index (κ3) is 8.73. The number of amidine groups is 1. The van der Waals surface area contributed by atoms with Gasteiger partial charge in [-0.2, -0.15) is 0 Å². The van der Waals surface area contributed by atoms with Gasteiger partial charge in [-0.25, -0.2) is 4.39 Å².